The van der Waals surface area contributed by atoms with Crippen LogP contribution in [0.5, 0.6) is 5.75 Å². The van der Waals surface area contributed by atoms with E-state index in [4.69, 9.17) is 4.74 Å². The van der Waals surface area contributed by atoms with Crippen molar-refractivity contribution in [1.82, 2.24) is 0 Å². The molecule has 2 aliphatic carbocycles. The number of ether oxygens (including phenoxy) is 1. The average Bonchev–Trinajstić information content (AvgIpc) is 2.61. The van der Waals surface area contributed by atoms with E-state index in [-0.39, 0.29) is 41.8 Å². The third kappa shape index (κ3) is 3.64. The summed E-state index contributed by atoms with van der Waals surface area (Å²) in [5, 5.41) is 9.91. The zero-order chi connectivity index (χ0) is 18.0. The number of hydrogen-bond donors (Lipinski definition) is 1. The Morgan fingerprint density at radius 3 is 2.84 bits per heavy atom. The molecule has 0 saturated heterocycles. The van der Waals surface area contributed by atoms with Crippen LogP contribution in [0.25, 0.3) is 0 Å². The van der Waals surface area contributed by atoms with Gasteiger partial charge in [0.25, 0.3) is 0 Å². The summed E-state index contributed by atoms with van der Waals surface area (Å²) in [6, 6.07) is 6.21. The first-order valence-electron chi connectivity index (χ1n) is 9.35. The normalized spacial score (nSPS) is 28.2. The van der Waals surface area contributed by atoms with Gasteiger partial charge in [0.05, 0.1) is 7.11 Å². The molecule has 0 amide bonds. The molecular weight excluding hydrogens is 316 g/mol. The summed E-state index contributed by atoms with van der Waals surface area (Å²) in [5.74, 6) is 1.79. The SMILES string of the molecule is COc1ccc2c(c1)[C@H]1[C@@H](CO)CC(=O)[C@@H](CCCC(C)=O)[C@@H]1CC2. The molecule has 3 rings (SSSR count). The van der Waals surface area contributed by atoms with E-state index >= 15 is 0 Å². The highest BCUT2D eigenvalue weighted by Crippen LogP contribution is 2.51. The Kier molecular flexibility index (Phi) is 5.57. The zero-order valence-corrected chi connectivity index (χ0v) is 15.2. The standard InChI is InChI=1S/C21H28O4/c1-13(23)4-3-5-17-18-9-7-14-6-8-16(25-2)11-19(14)21(18)15(12-22)10-20(17)24/h6,8,11,15,17-18,21-22H,3-5,7,9-10,12H2,1-2H3/t15-,17+,18+,21+/m1/s1. The topological polar surface area (TPSA) is 63.6 Å². The van der Waals surface area contributed by atoms with Crippen molar-refractivity contribution in [3.63, 3.8) is 0 Å². The van der Waals surface area contributed by atoms with Gasteiger partial charge in [-0.15, -0.1) is 0 Å². The van der Waals surface area contributed by atoms with Crippen LogP contribution in [-0.4, -0.2) is 30.4 Å². The van der Waals surface area contributed by atoms with Crippen LogP contribution in [0.1, 0.15) is 56.1 Å². The molecule has 1 saturated carbocycles. The van der Waals surface area contributed by atoms with Gasteiger partial charge in [-0.25, -0.2) is 0 Å². The Morgan fingerprint density at radius 2 is 2.16 bits per heavy atom. The molecule has 0 spiro atoms. The van der Waals surface area contributed by atoms with E-state index in [9.17, 15) is 14.7 Å². The van der Waals surface area contributed by atoms with Crippen molar-refractivity contribution in [2.75, 3.05) is 13.7 Å². The molecular formula is C21H28O4. The van der Waals surface area contributed by atoms with E-state index in [1.807, 2.05) is 6.07 Å². The summed E-state index contributed by atoms with van der Waals surface area (Å²) in [6.07, 6.45) is 4.51. The number of carbonyl (C=O) groups is 2. The lowest BCUT2D eigenvalue weighted by atomic mass is 9.58. The van der Waals surface area contributed by atoms with Crippen molar-refractivity contribution in [3.8, 4) is 5.75 Å². The van der Waals surface area contributed by atoms with Crippen molar-refractivity contribution >= 4 is 11.6 Å². The van der Waals surface area contributed by atoms with Crippen molar-refractivity contribution in [2.24, 2.45) is 17.8 Å². The van der Waals surface area contributed by atoms with Crippen LogP contribution >= 0.6 is 0 Å². The summed E-state index contributed by atoms with van der Waals surface area (Å²) >= 11 is 0. The van der Waals surface area contributed by atoms with E-state index in [0.29, 0.717) is 12.8 Å². The average molecular weight is 344 g/mol. The number of methoxy groups -OCH3 is 1. The van der Waals surface area contributed by atoms with Crippen molar-refractivity contribution in [2.45, 2.75) is 51.4 Å². The molecule has 0 heterocycles. The van der Waals surface area contributed by atoms with Gasteiger partial charge in [-0.1, -0.05) is 6.07 Å². The number of aryl methyl sites for hydroxylation is 1. The van der Waals surface area contributed by atoms with E-state index in [1.165, 1.54) is 11.1 Å². The van der Waals surface area contributed by atoms with Gasteiger partial charge in [-0.05, 0) is 73.6 Å². The molecule has 4 atom stereocenters. The number of hydrogen-bond acceptors (Lipinski definition) is 4. The molecule has 0 radical (unpaired) electrons. The number of aliphatic hydroxyl groups is 1. The third-order valence-corrected chi connectivity index (χ3v) is 6.10. The van der Waals surface area contributed by atoms with E-state index in [1.54, 1.807) is 14.0 Å². The fourth-order valence-electron chi connectivity index (χ4n) is 4.92. The molecule has 0 aliphatic heterocycles. The quantitative estimate of drug-likeness (QED) is 0.860. The molecule has 136 valence electrons. The highest BCUT2D eigenvalue weighted by molar-refractivity contribution is 5.83. The molecule has 0 unspecified atom stereocenters. The monoisotopic (exact) mass is 344 g/mol. The molecule has 0 aromatic heterocycles. The second kappa shape index (κ2) is 7.69. The van der Waals surface area contributed by atoms with Gasteiger partial charge in [0, 0.05) is 25.4 Å². The number of Topliss-reactive ketones (excluding diaryl/α,β-unsaturated/α-hetero) is 2. The van der Waals surface area contributed by atoms with Gasteiger partial charge in [0.2, 0.25) is 0 Å². The fraction of sp³-hybridized carbons (Fsp3) is 0.619. The minimum absolute atomic E-state index is 0.00675. The number of benzene rings is 1. The smallest absolute Gasteiger partial charge is 0.136 e. The molecule has 2 aliphatic rings. The first-order chi connectivity index (χ1) is 12.0. The van der Waals surface area contributed by atoms with Gasteiger partial charge >= 0.3 is 0 Å². The van der Waals surface area contributed by atoms with Crippen LogP contribution in [0.2, 0.25) is 0 Å². The first kappa shape index (κ1) is 18.1. The Hall–Kier alpha value is -1.68. The van der Waals surface area contributed by atoms with Gasteiger partial charge in [0.15, 0.2) is 0 Å². The fourth-order valence-corrected chi connectivity index (χ4v) is 4.92. The number of ketones is 2. The molecule has 4 nitrogen and oxygen atoms in total. The largest absolute Gasteiger partial charge is 0.497 e. The van der Waals surface area contributed by atoms with Crippen LogP contribution < -0.4 is 4.74 Å². The molecule has 4 heteroatoms. The number of fused-ring (bicyclic) bond motifs is 3. The van der Waals surface area contributed by atoms with Crippen LogP contribution in [0.4, 0.5) is 0 Å². The Labute approximate surface area is 149 Å². The number of aliphatic hydroxyl groups excluding tert-OH is 1. The maximum Gasteiger partial charge on any atom is 0.136 e. The van der Waals surface area contributed by atoms with Gasteiger partial charge in [-0.2, -0.15) is 0 Å². The predicted molar refractivity (Wildman–Crippen MR) is 95.8 cm³/mol. The van der Waals surface area contributed by atoms with Gasteiger partial charge < -0.3 is 14.6 Å². The predicted octanol–water partition coefficient (Wildman–Crippen LogP) is 3.30. The Morgan fingerprint density at radius 1 is 1.36 bits per heavy atom. The lowest BCUT2D eigenvalue weighted by Crippen LogP contribution is -2.43. The van der Waals surface area contributed by atoms with E-state index in [0.717, 1.165) is 31.4 Å². The molecule has 1 aromatic carbocycles. The molecule has 0 bridgehead atoms. The van der Waals surface area contributed by atoms with Crippen LogP contribution in [-0.2, 0) is 16.0 Å². The van der Waals surface area contributed by atoms with Gasteiger partial charge in [-0.3, -0.25) is 4.79 Å². The van der Waals surface area contributed by atoms with Crippen molar-refractivity contribution in [1.29, 1.82) is 0 Å². The summed E-state index contributed by atoms with van der Waals surface area (Å²) in [7, 11) is 1.67. The van der Waals surface area contributed by atoms with Crippen LogP contribution in [0.3, 0.4) is 0 Å². The molecule has 1 N–H and O–H groups in total. The molecule has 25 heavy (non-hydrogen) atoms. The second-order valence-corrected chi connectivity index (χ2v) is 7.61. The number of rotatable bonds is 6. The first-order valence-corrected chi connectivity index (χ1v) is 9.35. The Balaban J connectivity index is 1.89. The van der Waals surface area contributed by atoms with E-state index in [2.05, 4.69) is 12.1 Å². The van der Waals surface area contributed by atoms with Crippen LogP contribution in [0.15, 0.2) is 18.2 Å². The summed E-state index contributed by atoms with van der Waals surface area (Å²) in [6.45, 7) is 1.65. The van der Waals surface area contributed by atoms with E-state index < -0.39 is 0 Å². The molecule has 1 aromatic rings. The van der Waals surface area contributed by atoms with Crippen molar-refractivity contribution < 1.29 is 19.4 Å². The molecule has 1 fully saturated rings. The maximum atomic E-state index is 12.7. The highest BCUT2D eigenvalue weighted by Gasteiger charge is 2.46. The van der Waals surface area contributed by atoms with Crippen molar-refractivity contribution in [3.05, 3.63) is 29.3 Å². The zero-order valence-electron chi connectivity index (χ0n) is 15.2. The summed E-state index contributed by atoms with van der Waals surface area (Å²) in [4.78, 5) is 24.0. The lowest BCUT2D eigenvalue weighted by molar-refractivity contribution is -0.131. The maximum absolute atomic E-state index is 12.7. The minimum Gasteiger partial charge on any atom is -0.497 e. The number of carbonyl (C=O) groups excluding carboxylic acids is 2. The van der Waals surface area contributed by atoms with Crippen LogP contribution in [0, 0.1) is 17.8 Å². The second-order valence-electron chi connectivity index (χ2n) is 7.61. The summed E-state index contributed by atoms with van der Waals surface area (Å²) in [5.41, 5.74) is 2.57. The summed E-state index contributed by atoms with van der Waals surface area (Å²) < 4.78 is 5.40. The lowest BCUT2D eigenvalue weighted by Gasteiger charge is -2.45. The highest BCUT2D eigenvalue weighted by atomic mass is 16.5. The minimum atomic E-state index is -0.00675. The van der Waals surface area contributed by atoms with Gasteiger partial charge in [0.1, 0.15) is 17.3 Å². The third-order valence-electron chi connectivity index (χ3n) is 6.10. The Bertz CT molecular complexity index is 651.